The van der Waals surface area contributed by atoms with Crippen LogP contribution in [0.15, 0.2) is 24.0 Å². The molecule has 0 unspecified atom stereocenters. The van der Waals surface area contributed by atoms with Crippen LogP contribution in [0.5, 0.6) is 0 Å². The maximum absolute atomic E-state index is 12.6. The molecule has 1 fully saturated rings. The van der Waals surface area contributed by atoms with Crippen molar-refractivity contribution < 1.29 is 9.59 Å². The molecule has 1 heterocycles. The van der Waals surface area contributed by atoms with Gasteiger partial charge in [-0.05, 0) is 51.9 Å². The van der Waals surface area contributed by atoms with Crippen LogP contribution in [0.3, 0.4) is 0 Å². The molecule has 2 amide bonds. The molecule has 1 saturated carbocycles. The topological polar surface area (TPSA) is 84.0 Å². The van der Waals surface area contributed by atoms with Crippen LogP contribution < -0.4 is 10.6 Å². The summed E-state index contributed by atoms with van der Waals surface area (Å²) in [5.41, 5.74) is 2.53. The van der Waals surface area contributed by atoms with Gasteiger partial charge in [-0.1, -0.05) is 18.1 Å². The summed E-state index contributed by atoms with van der Waals surface area (Å²) in [5, 5.41) is 6.04. The third-order valence-corrected chi connectivity index (χ3v) is 5.31. The van der Waals surface area contributed by atoms with E-state index in [-0.39, 0.29) is 23.8 Å². The van der Waals surface area contributed by atoms with Crippen LogP contribution in [0.2, 0.25) is 0 Å². The van der Waals surface area contributed by atoms with Crippen molar-refractivity contribution in [1.82, 2.24) is 20.6 Å². The van der Waals surface area contributed by atoms with Gasteiger partial charge in [-0.2, -0.15) is 0 Å². The van der Waals surface area contributed by atoms with Gasteiger partial charge < -0.3 is 10.6 Å². The molecule has 0 spiro atoms. The summed E-state index contributed by atoms with van der Waals surface area (Å²) < 4.78 is 0. The molecular weight excluding hydrogens is 328 g/mol. The van der Waals surface area contributed by atoms with Gasteiger partial charge in [0.05, 0.1) is 17.8 Å². The fraction of sp³-hybridized carbons (Fsp3) is 0.600. The number of nitrogens with one attached hydrogen (secondary N) is 2. The molecule has 0 aliphatic heterocycles. The van der Waals surface area contributed by atoms with E-state index in [9.17, 15) is 9.59 Å². The molecule has 0 saturated heterocycles. The number of rotatable bonds is 6. The Labute approximate surface area is 154 Å². The first-order valence-electron chi connectivity index (χ1n) is 9.68. The molecule has 6 heteroatoms. The Bertz CT molecular complexity index is 669. The summed E-state index contributed by atoms with van der Waals surface area (Å²) in [5.74, 6) is -0.355. The number of amides is 2. The fourth-order valence-electron chi connectivity index (χ4n) is 3.81. The zero-order chi connectivity index (χ0) is 18.4. The molecule has 1 aromatic rings. The van der Waals surface area contributed by atoms with Crippen molar-refractivity contribution in [2.75, 3.05) is 6.54 Å². The maximum Gasteiger partial charge on any atom is 0.271 e. The molecule has 0 aromatic carbocycles. The average Bonchev–Trinajstić information content (AvgIpc) is 3.11. The molecule has 1 aromatic heterocycles. The van der Waals surface area contributed by atoms with Gasteiger partial charge in [0.2, 0.25) is 5.91 Å². The minimum atomic E-state index is -0.255. The SMILES string of the molecule is Cc1cnc(C(=O)N[C@@H]2CCC[C@@H]2C(=O)NCCC2=CCCCC2)cn1. The molecule has 6 nitrogen and oxygen atoms in total. The van der Waals surface area contributed by atoms with E-state index in [0.717, 1.165) is 37.8 Å². The van der Waals surface area contributed by atoms with E-state index >= 15 is 0 Å². The third kappa shape index (κ3) is 4.90. The van der Waals surface area contributed by atoms with Crippen LogP contribution >= 0.6 is 0 Å². The van der Waals surface area contributed by atoms with Gasteiger partial charge in [0, 0.05) is 18.8 Å². The Balaban J connectivity index is 1.48. The van der Waals surface area contributed by atoms with Gasteiger partial charge in [-0.3, -0.25) is 14.6 Å². The van der Waals surface area contributed by atoms with Crippen molar-refractivity contribution in [3.8, 4) is 0 Å². The zero-order valence-corrected chi connectivity index (χ0v) is 15.5. The quantitative estimate of drug-likeness (QED) is 0.768. The highest BCUT2D eigenvalue weighted by atomic mass is 16.2. The predicted octanol–water partition coefficient (Wildman–Crippen LogP) is 2.69. The van der Waals surface area contributed by atoms with Crippen molar-refractivity contribution in [2.45, 2.75) is 64.3 Å². The van der Waals surface area contributed by atoms with Crippen molar-refractivity contribution in [3.63, 3.8) is 0 Å². The number of nitrogens with zero attached hydrogens (tertiary/aromatic N) is 2. The molecule has 2 aliphatic carbocycles. The summed E-state index contributed by atoms with van der Waals surface area (Å²) >= 11 is 0. The Morgan fingerprint density at radius 3 is 2.77 bits per heavy atom. The number of hydrogen-bond acceptors (Lipinski definition) is 4. The molecule has 26 heavy (non-hydrogen) atoms. The summed E-state index contributed by atoms with van der Waals surface area (Å²) in [6.45, 7) is 2.51. The van der Waals surface area contributed by atoms with E-state index in [4.69, 9.17) is 0 Å². The average molecular weight is 356 g/mol. The van der Waals surface area contributed by atoms with Gasteiger partial charge in [-0.25, -0.2) is 4.98 Å². The number of allylic oxidation sites excluding steroid dienone is 1. The molecule has 0 bridgehead atoms. The van der Waals surface area contributed by atoms with Gasteiger partial charge in [0.1, 0.15) is 5.69 Å². The van der Waals surface area contributed by atoms with E-state index in [1.807, 2.05) is 6.92 Å². The smallest absolute Gasteiger partial charge is 0.271 e. The van der Waals surface area contributed by atoms with Crippen LogP contribution in [-0.2, 0) is 4.79 Å². The van der Waals surface area contributed by atoms with E-state index in [0.29, 0.717) is 12.2 Å². The van der Waals surface area contributed by atoms with Crippen LogP contribution in [0, 0.1) is 12.8 Å². The van der Waals surface area contributed by atoms with Crippen LogP contribution in [0.4, 0.5) is 0 Å². The molecular formula is C20H28N4O2. The maximum atomic E-state index is 12.6. The largest absolute Gasteiger partial charge is 0.355 e. The highest BCUT2D eigenvalue weighted by Gasteiger charge is 2.34. The first kappa shape index (κ1) is 18.5. The summed E-state index contributed by atoms with van der Waals surface area (Å²) in [4.78, 5) is 33.1. The molecule has 140 valence electrons. The van der Waals surface area contributed by atoms with E-state index < -0.39 is 0 Å². The standard InChI is InChI=1S/C20H28N4O2/c1-14-12-23-18(13-22-14)20(26)24-17-9-5-8-16(17)19(25)21-11-10-15-6-3-2-4-7-15/h6,12-13,16-17H,2-5,7-11H2,1H3,(H,21,25)(H,24,26)/t16-,17+/m0/s1. The van der Waals surface area contributed by atoms with E-state index in [2.05, 4.69) is 26.7 Å². The molecule has 2 atom stereocenters. The normalized spacial score (nSPS) is 22.6. The summed E-state index contributed by atoms with van der Waals surface area (Å²) in [6, 6.07) is -0.125. The van der Waals surface area contributed by atoms with Crippen molar-refractivity contribution in [2.24, 2.45) is 5.92 Å². The second kappa shape index (κ2) is 8.92. The second-order valence-corrected chi connectivity index (χ2v) is 7.31. The van der Waals surface area contributed by atoms with E-state index in [1.54, 1.807) is 6.20 Å². The highest BCUT2D eigenvalue weighted by molar-refractivity contribution is 5.92. The van der Waals surface area contributed by atoms with Crippen LogP contribution in [0.25, 0.3) is 0 Å². The number of hydrogen-bond donors (Lipinski definition) is 2. The Kier molecular flexibility index (Phi) is 6.36. The first-order chi connectivity index (χ1) is 12.6. The van der Waals surface area contributed by atoms with Gasteiger partial charge in [0.15, 0.2) is 0 Å². The lowest BCUT2D eigenvalue weighted by molar-refractivity contribution is -0.125. The van der Waals surface area contributed by atoms with Crippen molar-refractivity contribution >= 4 is 11.8 Å². The lowest BCUT2D eigenvalue weighted by atomic mass is 9.97. The molecule has 2 aliphatic rings. The zero-order valence-electron chi connectivity index (χ0n) is 15.5. The minimum absolute atomic E-state index is 0.0548. The monoisotopic (exact) mass is 356 g/mol. The molecule has 2 N–H and O–H groups in total. The summed E-state index contributed by atoms with van der Waals surface area (Å²) in [7, 11) is 0. The Hall–Kier alpha value is -2.24. The van der Waals surface area contributed by atoms with E-state index in [1.165, 1.54) is 31.0 Å². The fourth-order valence-corrected chi connectivity index (χ4v) is 3.81. The van der Waals surface area contributed by atoms with Crippen molar-refractivity contribution in [3.05, 3.63) is 35.4 Å². The predicted molar refractivity (Wildman–Crippen MR) is 99.5 cm³/mol. The van der Waals surface area contributed by atoms with Crippen LogP contribution in [0.1, 0.15) is 67.5 Å². The molecule has 0 radical (unpaired) electrons. The number of aryl methyl sites for hydroxylation is 1. The Morgan fingerprint density at radius 2 is 2.04 bits per heavy atom. The first-order valence-corrected chi connectivity index (χ1v) is 9.68. The van der Waals surface area contributed by atoms with Crippen LogP contribution in [-0.4, -0.2) is 34.4 Å². The number of carbonyl (C=O) groups is 2. The number of aromatic nitrogens is 2. The van der Waals surface area contributed by atoms with Gasteiger partial charge >= 0.3 is 0 Å². The lowest BCUT2D eigenvalue weighted by Gasteiger charge is -2.21. The third-order valence-electron chi connectivity index (χ3n) is 5.31. The summed E-state index contributed by atoms with van der Waals surface area (Å²) in [6.07, 6.45) is 13.8. The lowest BCUT2D eigenvalue weighted by Crippen LogP contribution is -2.44. The van der Waals surface area contributed by atoms with Gasteiger partial charge in [0.25, 0.3) is 5.91 Å². The minimum Gasteiger partial charge on any atom is -0.355 e. The van der Waals surface area contributed by atoms with Gasteiger partial charge in [-0.15, -0.1) is 0 Å². The molecule has 3 rings (SSSR count). The number of carbonyl (C=O) groups excluding carboxylic acids is 2. The Morgan fingerprint density at radius 1 is 1.15 bits per heavy atom. The second-order valence-electron chi connectivity index (χ2n) is 7.31. The highest BCUT2D eigenvalue weighted by Crippen LogP contribution is 2.26. The van der Waals surface area contributed by atoms with Crippen molar-refractivity contribution in [1.29, 1.82) is 0 Å².